The SMILES string of the molecule is CC(C)OC(=O)Nc1ccc(OC(F)=C(F)C(F)(F)C(F)(F)C(F)(F)C(F)(F)C(F)(F)C(F)(F)C(F)(F)F)cc1NC(=O)OC(C)C. The van der Waals surface area contributed by atoms with Crippen molar-refractivity contribution in [2.45, 2.75) is 81.6 Å². The summed E-state index contributed by atoms with van der Waals surface area (Å²) in [6.45, 7) is 5.39. The maximum absolute atomic E-state index is 14.2. The van der Waals surface area contributed by atoms with Crippen LogP contribution in [0.4, 0.5) is 95.6 Å². The molecule has 0 aliphatic rings. The second-order valence-electron chi connectivity index (χ2n) is 9.50. The van der Waals surface area contributed by atoms with Crippen molar-refractivity contribution < 1.29 is 98.4 Å². The first-order chi connectivity index (χ1) is 20.8. The number of carbonyl (C=O) groups is 2. The van der Waals surface area contributed by atoms with Gasteiger partial charge in [-0.25, -0.2) is 9.59 Å². The standard InChI is InChI=1S/C23H19F17N2O5/c1-8(2)45-15(43)41-11-6-5-10(7-12(11)42-16(44)46-9(3)4)47-14(25)13(24)17(26,27)18(28,29)19(30,31)20(32,33)21(34,35)22(36,37)23(38,39)40/h5-9H,1-4H3,(H,41,43)(H,42,44). The Bertz CT molecular complexity index is 1340. The molecule has 0 aliphatic carbocycles. The summed E-state index contributed by atoms with van der Waals surface area (Å²) in [4.78, 5) is 23.8. The van der Waals surface area contributed by atoms with Gasteiger partial charge in [0.05, 0.1) is 23.6 Å². The minimum atomic E-state index is -8.73. The van der Waals surface area contributed by atoms with Crippen molar-refractivity contribution in [2.24, 2.45) is 0 Å². The van der Waals surface area contributed by atoms with Gasteiger partial charge in [0.2, 0.25) is 5.83 Å². The molecule has 0 aromatic heterocycles. The molecule has 7 nitrogen and oxygen atoms in total. The minimum Gasteiger partial charge on any atom is -0.447 e. The van der Waals surface area contributed by atoms with Gasteiger partial charge >= 0.3 is 59.9 Å². The van der Waals surface area contributed by atoms with E-state index in [1.54, 1.807) is 0 Å². The van der Waals surface area contributed by atoms with Gasteiger partial charge in [0, 0.05) is 6.07 Å². The van der Waals surface area contributed by atoms with Crippen LogP contribution >= 0.6 is 0 Å². The van der Waals surface area contributed by atoms with Gasteiger partial charge in [-0.15, -0.1) is 0 Å². The number of alkyl halides is 15. The topological polar surface area (TPSA) is 85.9 Å². The van der Waals surface area contributed by atoms with Crippen molar-refractivity contribution in [2.75, 3.05) is 10.6 Å². The number of rotatable bonds is 12. The lowest BCUT2D eigenvalue weighted by molar-refractivity contribution is -0.451. The number of anilines is 2. The van der Waals surface area contributed by atoms with Gasteiger partial charge in [-0.1, -0.05) is 0 Å². The van der Waals surface area contributed by atoms with Crippen LogP contribution in [-0.4, -0.2) is 66.1 Å². The Labute approximate surface area is 251 Å². The van der Waals surface area contributed by atoms with Crippen LogP contribution in [0.1, 0.15) is 27.7 Å². The fourth-order valence-electron chi connectivity index (χ4n) is 2.88. The Morgan fingerprint density at radius 1 is 0.596 bits per heavy atom. The van der Waals surface area contributed by atoms with Crippen molar-refractivity contribution in [3.8, 4) is 5.75 Å². The lowest BCUT2D eigenvalue weighted by atomic mass is 9.91. The van der Waals surface area contributed by atoms with Gasteiger partial charge in [-0.05, 0) is 39.8 Å². The molecule has 1 aromatic carbocycles. The molecular formula is C23H19F17N2O5. The molecule has 24 heteroatoms. The number of ether oxygens (including phenoxy) is 3. The first-order valence-electron chi connectivity index (χ1n) is 12.0. The molecule has 0 heterocycles. The van der Waals surface area contributed by atoms with E-state index in [2.05, 4.69) is 9.47 Å². The number of amides is 2. The van der Waals surface area contributed by atoms with Crippen LogP contribution < -0.4 is 15.4 Å². The molecule has 47 heavy (non-hydrogen) atoms. The third kappa shape index (κ3) is 7.81. The van der Waals surface area contributed by atoms with E-state index >= 15 is 0 Å². The summed E-state index contributed by atoms with van der Waals surface area (Å²) < 4.78 is 242. The first kappa shape index (κ1) is 41.1. The maximum Gasteiger partial charge on any atom is 0.460 e. The van der Waals surface area contributed by atoms with E-state index in [-0.39, 0.29) is 6.07 Å². The average Bonchev–Trinajstić information content (AvgIpc) is 2.87. The van der Waals surface area contributed by atoms with E-state index in [9.17, 15) is 84.2 Å². The summed E-state index contributed by atoms with van der Waals surface area (Å²) >= 11 is 0. The fourth-order valence-corrected chi connectivity index (χ4v) is 2.88. The molecule has 270 valence electrons. The smallest absolute Gasteiger partial charge is 0.447 e. The molecule has 0 radical (unpaired) electrons. The maximum atomic E-state index is 14.2. The van der Waals surface area contributed by atoms with E-state index in [4.69, 9.17) is 4.74 Å². The Balaban J connectivity index is 3.63. The monoisotopic (exact) mass is 726 g/mol. The van der Waals surface area contributed by atoms with Gasteiger partial charge in [0.25, 0.3) is 0 Å². The zero-order chi connectivity index (χ0) is 37.4. The zero-order valence-corrected chi connectivity index (χ0v) is 23.4. The zero-order valence-electron chi connectivity index (χ0n) is 23.4. The quantitative estimate of drug-likeness (QED) is 0.166. The lowest BCUT2D eigenvalue weighted by Crippen LogP contribution is -2.72. The summed E-state index contributed by atoms with van der Waals surface area (Å²) in [5.74, 6) is -56.3. The average molecular weight is 726 g/mol. The van der Waals surface area contributed by atoms with Crippen LogP contribution in [0.5, 0.6) is 5.75 Å². The Kier molecular flexibility index (Phi) is 11.7. The van der Waals surface area contributed by atoms with Crippen LogP contribution in [-0.2, 0) is 9.47 Å². The second kappa shape index (κ2) is 13.3. The van der Waals surface area contributed by atoms with E-state index in [1.165, 1.54) is 27.7 Å². The summed E-state index contributed by atoms with van der Waals surface area (Å²) in [5, 5.41) is 3.85. The van der Waals surface area contributed by atoms with E-state index in [0.717, 1.165) is 0 Å². The van der Waals surface area contributed by atoms with Gasteiger partial charge in [-0.2, -0.15) is 74.6 Å². The third-order valence-electron chi connectivity index (χ3n) is 5.13. The van der Waals surface area contributed by atoms with E-state index in [0.29, 0.717) is 12.1 Å². The molecule has 0 spiro atoms. The molecule has 0 unspecified atom stereocenters. The van der Waals surface area contributed by atoms with Crippen LogP contribution in [0.25, 0.3) is 0 Å². The fraction of sp³-hybridized carbons (Fsp3) is 0.565. The lowest BCUT2D eigenvalue weighted by Gasteiger charge is -2.41. The molecule has 1 aromatic rings. The highest BCUT2D eigenvalue weighted by atomic mass is 19.4. The molecule has 2 amide bonds. The minimum absolute atomic E-state index is 0.290. The number of allylic oxidation sites excluding steroid dienone is 1. The second-order valence-corrected chi connectivity index (χ2v) is 9.50. The summed E-state index contributed by atoms with van der Waals surface area (Å²) in [6, 6.07) is -2.46. The molecule has 0 saturated carbocycles. The molecular weight excluding hydrogens is 707 g/mol. The number of benzene rings is 1. The van der Waals surface area contributed by atoms with Crippen LogP contribution in [0.15, 0.2) is 30.0 Å². The summed E-state index contributed by atoms with van der Waals surface area (Å²) in [7, 11) is 0. The first-order valence-corrected chi connectivity index (χ1v) is 12.0. The Morgan fingerprint density at radius 2 is 0.979 bits per heavy atom. The third-order valence-corrected chi connectivity index (χ3v) is 5.13. The highest BCUT2D eigenvalue weighted by molar-refractivity contribution is 5.95. The predicted molar refractivity (Wildman–Crippen MR) is 123 cm³/mol. The van der Waals surface area contributed by atoms with Crippen molar-refractivity contribution in [1.29, 1.82) is 0 Å². The summed E-state index contributed by atoms with van der Waals surface area (Å²) in [6.07, 6.45) is -12.0. The van der Waals surface area contributed by atoms with Crippen molar-refractivity contribution >= 4 is 23.6 Å². The Hall–Kier alpha value is -3.89. The molecule has 0 aliphatic heterocycles. The molecule has 0 atom stereocenters. The van der Waals surface area contributed by atoms with E-state index in [1.807, 2.05) is 10.6 Å². The number of hydrogen-bond donors (Lipinski definition) is 2. The molecule has 2 N–H and O–H groups in total. The van der Waals surface area contributed by atoms with Crippen molar-refractivity contribution in [1.82, 2.24) is 0 Å². The number of halogens is 17. The van der Waals surface area contributed by atoms with Crippen LogP contribution in [0.3, 0.4) is 0 Å². The highest BCUT2D eigenvalue weighted by Crippen LogP contribution is 2.63. The van der Waals surface area contributed by atoms with Gasteiger partial charge in [0.1, 0.15) is 5.75 Å². The molecule has 0 saturated heterocycles. The number of carbonyl (C=O) groups excluding carboxylic acids is 2. The normalized spacial score (nSPS) is 14.5. The molecule has 0 bridgehead atoms. The van der Waals surface area contributed by atoms with Gasteiger partial charge < -0.3 is 14.2 Å². The van der Waals surface area contributed by atoms with Gasteiger partial charge in [-0.3, -0.25) is 10.6 Å². The molecule has 0 fully saturated rings. The highest BCUT2D eigenvalue weighted by Gasteiger charge is 2.93. The Morgan fingerprint density at radius 3 is 1.38 bits per heavy atom. The van der Waals surface area contributed by atoms with Crippen LogP contribution in [0, 0.1) is 0 Å². The predicted octanol–water partition coefficient (Wildman–Crippen LogP) is 9.46. The largest absolute Gasteiger partial charge is 0.460 e. The van der Waals surface area contributed by atoms with Crippen molar-refractivity contribution in [3.63, 3.8) is 0 Å². The van der Waals surface area contributed by atoms with Crippen LogP contribution in [0.2, 0.25) is 0 Å². The number of hydrogen-bond acceptors (Lipinski definition) is 5. The summed E-state index contributed by atoms with van der Waals surface area (Å²) in [5.41, 5.74) is -1.26. The van der Waals surface area contributed by atoms with Crippen molar-refractivity contribution in [3.05, 3.63) is 30.0 Å². The van der Waals surface area contributed by atoms with Gasteiger partial charge in [0.15, 0.2) is 0 Å². The number of nitrogens with one attached hydrogen (secondary N) is 2. The van der Waals surface area contributed by atoms with E-state index < -0.39 is 95.1 Å². The molecule has 1 rings (SSSR count).